The van der Waals surface area contributed by atoms with E-state index < -0.39 is 10.0 Å². The average Bonchev–Trinajstić information content (AvgIpc) is 2.96. The van der Waals surface area contributed by atoms with E-state index in [-0.39, 0.29) is 10.9 Å². The lowest BCUT2D eigenvalue weighted by Gasteiger charge is -2.12. The van der Waals surface area contributed by atoms with Crippen LogP contribution >= 0.6 is 11.3 Å². The molecule has 0 fully saturated rings. The maximum atomic E-state index is 12.3. The van der Waals surface area contributed by atoms with Crippen LogP contribution < -0.4 is 16.0 Å². The quantitative estimate of drug-likeness (QED) is 0.557. The maximum absolute atomic E-state index is 12.3. The van der Waals surface area contributed by atoms with Crippen LogP contribution in [-0.2, 0) is 16.4 Å². The van der Waals surface area contributed by atoms with Crippen LogP contribution in [0.3, 0.4) is 0 Å². The smallest absolute Gasteiger partial charge is 0.241 e. The number of benzene rings is 1. The van der Waals surface area contributed by atoms with Crippen molar-refractivity contribution in [2.24, 2.45) is 5.84 Å². The monoisotopic (exact) mass is 326 g/mol. The first-order chi connectivity index (χ1) is 9.96. The minimum absolute atomic E-state index is 0.195. The number of aryl methyl sites for hydroxylation is 1. The van der Waals surface area contributed by atoms with Crippen LogP contribution in [0.25, 0.3) is 0 Å². The number of nitrogens with one attached hydrogen (secondary N) is 2. The number of nitrogen functional groups attached to an aromatic ring is 1. The van der Waals surface area contributed by atoms with Gasteiger partial charge in [0.25, 0.3) is 0 Å². The van der Waals surface area contributed by atoms with Gasteiger partial charge in [0.2, 0.25) is 10.0 Å². The first kappa shape index (κ1) is 15.9. The van der Waals surface area contributed by atoms with Crippen molar-refractivity contribution >= 4 is 27.0 Å². The van der Waals surface area contributed by atoms with Gasteiger partial charge in [-0.25, -0.2) is 18.1 Å². The predicted molar refractivity (Wildman–Crippen MR) is 84.5 cm³/mol. The molecule has 0 amide bonds. The number of hydrogen-bond acceptors (Lipinski definition) is 6. The number of nitrogens with zero attached hydrogens (tertiary/aromatic N) is 1. The SMILES string of the molecule is CCc1cnc(C(C)NS(=O)(=O)c2ccc(NN)cc2)s1. The number of sulfonamides is 1. The van der Waals surface area contributed by atoms with Crippen molar-refractivity contribution < 1.29 is 8.42 Å². The third-order valence-electron chi connectivity index (χ3n) is 2.95. The molecule has 1 heterocycles. The molecular formula is C13H18N4O2S2. The minimum Gasteiger partial charge on any atom is -0.324 e. The molecule has 0 aliphatic carbocycles. The van der Waals surface area contributed by atoms with E-state index in [1.54, 1.807) is 25.3 Å². The van der Waals surface area contributed by atoms with E-state index >= 15 is 0 Å². The van der Waals surface area contributed by atoms with E-state index in [1.165, 1.54) is 23.5 Å². The van der Waals surface area contributed by atoms with Crippen LogP contribution in [-0.4, -0.2) is 13.4 Å². The minimum atomic E-state index is -3.58. The number of aromatic nitrogens is 1. The van der Waals surface area contributed by atoms with E-state index in [1.807, 2.05) is 6.92 Å². The second kappa shape index (κ2) is 6.52. The predicted octanol–water partition coefficient (Wildman–Crippen LogP) is 2.03. The topological polar surface area (TPSA) is 97.1 Å². The van der Waals surface area contributed by atoms with Gasteiger partial charge in [0.1, 0.15) is 5.01 Å². The summed E-state index contributed by atoms with van der Waals surface area (Å²) in [5.74, 6) is 5.26. The summed E-state index contributed by atoms with van der Waals surface area (Å²) in [5.41, 5.74) is 3.11. The van der Waals surface area contributed by atoms with Gasteiger partial charge in [-0.15, -0.1) is 11.3 Å². The highest BCUT2D eigenvalue weighted by atomic mass is 32.2. The van der Waals surface area contributed by atoms with E-state index in [4.69, 9.17) is 5.84 Å². The van der Waals surface area contributed by atoms with Gasteiger partial charge in [-0.3, -0.25) is 5.84 Å². The molecule has 0 radical (unpaired) electrons. The van der Waals surface area contributed by atoms with Gasteiger partial charge in [0.05, 0.1) is 10.9 Å². The lowest BCUT2D eigenvalue weighted by atomic mass is 10.3. The molecule has 2 aromatic rings. The number of hydrogen-bond donors (Lipinski definition) is 3. The number of rotatable bonds is 6. The van der Waals surface area contributed by atoms with Gasteiger partial charge in [0, 0.05) is 16.8 Å². The van der Waals surface area contributed by atoms with Gasteiger partial charge in [-0.1, -0.05) is 6.92 Å². The molecule has 0 aliphatic heterocycles. The fourth-order valence-electron chi connectivity index (χ4n) is 1.77. The van der Waals surface area contributed by atoms with Gasteiger partial charge in [-0.05, 0) is 37.6 Å². The average molecular weight is 326 g/mol. The summed E-state index contributed by atoms with van der Waals surface area (Å²) in [5, 5.41) is 0.760. The first-order valence-corrected chi connectivity index (χ1v) is 8.80. The Balaban J connectivity index is 2.15. The maximum Gasteiger partial charge on any atom is 0.241 e. The largest absolute Gasteiger partial charge is 0.324 e. The normalized spacial score (nSPS) is 13.1. The Bertz CT molecular complexity index is 695. The van der Waals surface area contributed by atoms with Crippen molar-refractivity contribution in [2.45, 2.75) is 31.2 Å². The Morgan fingerprint density at radius 2 is 2.00 bits per heavy atom. The number of thiazole rings is 1. The lowest BCUT2D eigenvalue weighted by molar-refractivity contribution is 0.566. The Hall–Kier alpha value is -1.48. The second-order valence-corrected chi connectivity index (χ2v) is 7.39. The summed E-state index contributed by atoms with van der Waals surface area (Å²) in [6.45, 7) is 3.82. The molecule has 0 spiro atoms. The molecule has 4 N–H and O–H groups in total. The molecule has 1 atom stereocenters. The summed E-state index contributed by atoms with van der Waals surface area (Å²) < 4.78 is 27.2. The molecule has 0 aliphatic rings. The first-order valence-electron chi connectivity index (χ1n) is 6.50. The van der Waals surface area contributed by atoms with Crippen molar-refractivity contribution in [3.63, 3.8) is 0 Å². The van der Waals surface area contributed by atoms with Crippen LogP contribution in [0.4, 0.5) is 5.69 Å². The molecule has 114 valence electrons. The summed E-state index contributed by atoms with van der Waals surface area (Å²) in [6.07, 6.45) is 2.68. The zero-order valence-electron chi connectivity index (χ0n) is 11.8. The second-order valence-electron chi connectivity index (χ2n) is 4.53. The number of hydrazine groups is 1. The zero-order valence-corrected chi connectivity index (χ0v) is 13.5. The van der Waals surface area contributed by atoms with Crippen molar-refractivity contribution in [3.05, 3.63) is 40.3 Å². The highest BCUT2D eigenvalue weighted by molar-refractivity contribution is 7.89. The molecule has 2 rings (SSSR count). The molecule has 1 aromatic carbocycles. The number of nitrogens with two attached hydrogens (primary N) is 1. The Morgan fingerprint density at radius 1 is 1.33 bits per heavy atom. The lowest BCUT2D eigenvalue weighted by Crippen LogP contribution is -2.26. The van der Waals surface area contributed by atoms with E-state index in [0.29, 0.717) is 5.69 Å². The summed E-state index contributed by atoms with van der Waals surface area (Å²) in [6, 6.07) is 5.86. The standard InChI is InChI=1S/C13H18N4O2S2/c1-3-11-8-15-13(20-11)9(2)17-21(18,19)12-6-4-10(16-14)5-7-12/h4-9,16-17H,3,14H2,1-2H3. The third kappa shape index (κ3) is 3.79. The molecule has 6 nitrogen and oxygen atoms in total. The molecule has 21 heavy (non-hydrogen) atoms. The van der Waals surface area contributed by atoms with Crippen LogP contribution in [0.15, 0.2) is 35.4 Å². The molecule has 0 saturated carbocycles. The van der Waals surface area contributed by atoms with Crippen molar-refractivity contribution in [1.29, 1.82) is 0 Å². The highest BCUT2D eigenvalue weighted by Crippen LogP contribution is 2.22. The van der Waals surface area contributed by atoms with Crippen molar-refractivity contribution in [1.82, 2.24) is 9.71 Å². The summed E-state index contributed by atoms with van der Waals surface area (Å²) >= 11 is 1.52. The molecule has 8 heteroatoms. The van der Waals surface area contributed by atoms with E-state index in [9.17, 15) is 8.42 Å². The van der Waals surface area contributed by atoms with Gasteiger partial charge in [0.15, 0.2) is 0 Å². The Morgan fingerprint density at radius 3 is 2.52 bits per heavy atom. The van der Waals surface area contributed by atoms with Crippen LogP contribution in [0.1, 0.15) is 29.8 Å². The Labute approximate surface area is 128 Å². The van der Waals surface area contributed by atoms with Crippen molar-refractivity contribution in [3.8, 4) is 0 Å². The van der Waals surface area contributed by atoms with Gasteiger partial charge in [-0.2, -0.15) is 0 Å². The fraction of sp³-hybridized carbons (Fsp3) is 0.308. The molecule has 1 aromatic heterocycles. The van der Waals surface area contributed by atoms with Crippen molar-refractivity contribution in [2.75, 3.05) is 5.43 Å². The molecule has 0 saturated heterocycles. The van der Waals surface area contributed by atoms with Gasteiger partial charge < -0.3 is 5.43 Å². The van der Waals surface area contributed by atoms with Crippen LogP contribution in [0.2, 0.25) is 0 Å². The van der Waals surface area contributed by atoms with Gasteiger partial charge >= 0.3 is 0 Å². The van der Waals surface area contributed by atoms with Crippen LogP contribution in [0.5, 0.6) is 0 Å². The highest BCUT2D eigenvalue weighted by Gasteiger charge is 2.20. The summed E-state index contributed by atoms with van der Waals surface area (Å²) in [4.78, 5) is 5.59. The van der Waals surface area contributed by atoms with Crippen LogP contribution in [0, 0.1) is 0 Å². The Kier molecular flexibility index (Phi) is 4.94. The molecule has 0 bridgehead atoms. The van der Waals surface area contributed by atoms with E-state index in [0.717, 1.165) is 16.3 Å². The third-order valence-corrected chi connectivity index (χ3v) is 5.83. The molecular weight excluding hydrogens is 308 g/mol. The zero-order chi connectivity index (χ0) is 15.5. The fourth-order valence-corrected chi connectivity index (χ4v) is 3.91. The van der Waals surface area contributed by atoms with E-state index in [2.05, 4.69) is 15.1 Å². The number of anilines is 1. The molecule has 1 unspecified atom stereocenters. The summed E-state index contributed by atoms with van der Waals surface area (Å²) in [7, 11) is -3.58.